The van der Waals surface area contributed by atoms with Crippen LogP contribution in [0.25, 0.3) is 0 Å². The summed E-state index contributed by atoms with van der Waals surface area (Å²) in [4.78, 5) is 8.09. The van der Waals surface area contributed by atoms with Crippen molar-refractivity contribution in [2.24, 2.45) is 0 Å². The summed E-state index contributed by atoms with van der Waals surface area (Å²) in [5.74, 6) is 0. The number of rotatable bonds is 5. The van der Waals surface area contributed by atoms with Gasteiger partial charge in [-0.15, -0.1) is 0 Å². The zero-order valence-electron chi connectivity index (χ0n) is 11.8. The third kappa shape index (κ3) is 3.60. The maximum atomic E-state index is 12.1. The molecule has 0 aromatic carbocycles. The minimum Gasteiger partial charge on any atom is -0.460 e. The molecule has 3 rings (SSSR count). The van der Waals surface area contributed by atoms with E-state index in [1.54, 1.807) is 18.5 Å². The minimum atomic E-state index is -3.56. The van der Waals surface area contributed by atoms with Crippen LogP contribution in [0.15, 0.2) is 40.3 Å². The van der Waals surface area contributed by atoms with E-state index in [1.165, 1.54) is 6.20 Å². The monoisotopic (exact) mass is 324 g/mol. The average Bonchev–Trinajstić information content (AvgIpc) is 3.05. The Morgan fingerprint density at radius 3 is 2.55 bits per heavy atom. The van der Waals surface area contributed by atoms with Crippen molar-refractivity contribution >= 4 is 10.0 Å². The van der Waals surface area contributed by atoms with Gasteiger partial charge in [0.05, 0.1) is 6.20 Å². The van der Waals surface area contributed by atoms with Crippen LogP contribution in [0, 0.1) is 0 Å². The van der Waals surface area contributed by atoms with Crippen LogP contribution < -0.4 is 9.46 Å². The van der Waals surface area contributed by atoms with Crippen molar-refractivity contribution in [3.05, 3.63) is 30.9 Å². The summed E-state index contributed by atoms with van der Waals surface area (Å²) in [6.45, 7) is 0. The highest BCUT2D eigenvalue weighted by molar-refractivity contribution is 7.89. The van der Waals surface area contributed by atoms with Gasteiger partial charge in [-0.25, -0.2) is 23.1 Å². The van der Waals surface area contributed by atoms with Crippen molar-refractivity contribution in [3.8, 4) is 6.01 Å². The predicted molar refractivity (Wildman–Crippen MR) is 75.5 cm³/mol. The number of nitrogens with one attached hydrogen (secondary N) is 1. The lowest BCUT2D eigenvalue weighted by atomic mass is 9.94. The Bertz CT molecular complexity index is 682. The van der Waals surface area contributed by atoms with E-state index in [1.807, 2.05) is 0 Å². The van der Waals surface area contributed by atoms with E-state index in [0.717, 1.165) is 19.1 Å². The number of hydrogen-bond donors (Lipinski definition) is 1. The molecule has 1 aliphatic carbocycles. The lowest BCUT2D eigenvalue weighted by Gasteiger charge is -2.28. The van der Waals surface area contributed by atoms with Gasteiger partial charge in [0.15, 0.2) is 0 Å². The Morgan fingerprint density at radius 2 is 1.91 bits per heavy atom. The Balaban J connectivity index is 1.52. The molecule has 0 atom stereocenters. The standard InChI is InChI=1S/C13H16N4O4S/c18-22(19,12-8-16-20-9-12)17-10-2-4-11(5-3-10)21-13-14-6-1-7-15-13/h1,6-11,17H,2-5H2. The van der Waals surface area contributed by atoms with Crippen molar-refractivity contribution in [2.45, 2.75) is 42.7 Å². The molecule has 118 valence electrons. The molecule has 1 fully saturated rings. The zero-order valence-corrected chi connectivity index (χ0v) is 12.6. The van der Waals surface area contributed by atoms with Crippen molar-refractivity contribution in [3.63, 3.8) is 0 Å². The Labute approximate surface area is 128 Å². The van der Waals surface area contributed by atoms with Crippen LogP contribution in [0.1, 0.15) is 25.7 Å². The van der Waals surface area contributed by atoms with Crippen LogP contribution >= 0.6 is 0 Å². The lowest BCUT2D eigenvalue weighted by molar-refractivity contribution is 0.132. The summed E-state index contributed by atoms with van der Waals surface area (Å²) in [5, 5.41) is 3.41. The molecule has 8 nitrogen and oxygen atoms in total. The topological polar surface area (TPSA) is 107 Å². The molecule has 1 N–H and O–H groups in total. The highest BCUT2D eigenvalue weighted by atomic mass is 32.2. The van der Waals surface area contributed by atoms with Crippen LogP contribution in [0.3, 0.4) is 0 Å². The van der Waals surface area contributed by atoms with Crippen molar-refractivity contribution in [1.82, 2.24) is 19.8 Å². The average molecular weight is 324 g/mol. The van der Waals surface area contributed by atoms with Crippen molar-refractivity contribution in [1.29, 1.82) is 0 Å². The van der Waals surface area contributed by atoms with Gasteiger partial charge in [-0.2, -0.15) is 0 Å². The third-order valence-electron chi connectivity index (χ3n) is 3.53. The van der Waals surface area contributed by atoms with Crippen LogP contribution in [-0.2, 0) is 10.0 Å². The summed E-state index contributed by atoms with van der Waals surface area (Å²) >= 11 is 0. The summed E-state index contributed by atoms with van der Waals surface area (Å²) < 4.78 is 37.1. The number of ether oxygens (including phenoxy) is 1. The van der Waals surface area contributed by atoms with E-state index >= 15 is 0 Å². The molecule has 0 saturated heterocycles. The van der Waals surface area contributed by atoms with Gasteiger partial charge in [-0.3, -0.25) is 0 Å². The Kier molecular flexibility index (Phi) is 4.34. The number of aromatic nitrogens is 3. The first-order chi connectivity index (χ1) is 10.6. The van der Waals surface area contributed by atoms with Crippen molar-refractivity contribution < 1.29 is 17.7 Å². The Hall–Kier alpha value is -2.00. The fraction of sp³-hybridized carbons (Fsp3) is 0.462. The first kappa shape index (κ1) is 14.9. The van der Waals surface area contributed by atoms with Gasteiger partial charge in [0, 0.05) is 18.4 Å². The van der Waals surface area contributed by atoms with Gasteiger partial charge in [-0.1, -0.05) is 5.16 Å². The second-order valence-corrected chi connectivity index (χ2v) is 6.82. The summed E-state index contributed by atoms with van der Waals surface area (Å²) in [6, 6.07) is 1.97. The van der Waals surface area contributed by atoms with E-state index in [4.69, 9.17) is 4.74 Å². The van der Waals surface area contributed by atoms with E-state index in [9.17, 15) is 8.42 Å². The van der Waals surface area contributed by atoms with Gasteiger partial charge in [0.25, 0.3) is 0 Å². The molecule has 0 aliphatic heterocycles. The second-order valence-electron chi connectivity index (χ2n) is 5.10. The number of sulfonamides is 1. The summed E-state index contributed by atoms with van der Waals surface area (Å²) in [7, 11) is -3.56. The molecular weight excluding hydrogens is 308 g/mol. The summed E-state index contributed by atoms with van der Waals surface area (Å²) in [5.41, 5.74) is 0. The van der Waals surface area contributed by atoms with Gasteiger partial charge < -0.3 is 9.26 Å². The Morgan fingerprint density at radius 1 is 1.18 bits per heavy atom. The van der Waals surface area contributed by atoms with Gasteiger partial charge in [0.1, 0.15) is 17.3 Å². The first-order valence-electron chi connectivity index (χ1n) is 6.99. The molecular formula is C13H16N4O4S. The molecule has 22 heavy (non-hydrogen) atoms. The maximum Gasteiger partial charge on any atom is 0.316 e. The molecule has 2 aromatic heterocycles. The molecule has 0 unspecified atom stereocenters. The molecule has 1 aliphatic rings. The predicted octanol–water partition coefficient (Wildman–Crippen LogP) is 1.13. The normalized spacial score (nSPS) is 22.4. The van der Waals surface area contributed by atoms with E-state index in [0.29, 0.717) is 18.9 Å². The highest BCUT2D eigenvalue weighted by Gasteiger charge is 2.27. The molecule has 9 heteroatoms. The fourth-order valence-electron chi connectivity index (χ4n) is 2.41. The van der Waals surface area contributed by atoms with Gasteiger partial charge in [0.2, 0.25) is 10.0 Å². The van der Waals surface area contributed by atoms with Crippen molar-refractivity contribution in [2.75, 3.05) is 0 Å². The molecule has 1 saturated carbocycles. The first-order valence-corrected chi connectivity index (χ1v) is 8.47. The van der Waals surface area contributed by atoms with Crippen LogP contribution in [-0.4, -0.2) is 35.7 Å². The van der Waals surface area contributed by atoms with Gasteiger partial charge >= 0.3 is 6.01 Å². The zero-order chi connectivity index (χ0) is 15.4. The molecule has 0 bridgehead atoms. The minimum absolute atomic E-state index is 0.0127. The molecule has 0 spiro atoms. The highest BCUT2D eigenvalue weighted by Crippen LogP contribution is 2.23. The SMILES string of the molecule is O=S(=O)(NC1CCC(Oc2ncccn2)CC1)c1cnoc1. The molecule has 0 amide bonds. The van der Waals surface area contributed by atoms with Gasteiger partial charge in [-0.05, 0) is 31.7 Å². The number of nitrogens with zero attached hydrogens (tertiary/aromatic N) is 3. The lowest BCUT2D eigenvalue weighted by Crippen LogP contribution is -2.39. The largest absolute Gasteiger partial charge is 0.460 e. The third-order valence-corrected chi connectivity index (χ3v) is 5.00. The van der Waals surface area contributed by atoms with E-state index in [2.05, 4.69) is 24.4 Å². The van der Waals surface area contributed by atoms with Crippen LogP contribution in [0.2, 0.25) is 0 Å². The van der Waals surface area contributed by atoms with Crippen LogP contribution in [0.5, 0.6) is 6.01 Å². The molecule has 0 radical (unpaired) electrons. The maximum absolute atomic E-state index is 12.1. The molecule has 2 aromatic rings. The smallest absolute Gasteiger partial charge is 0.316 e. The number of hydrogen-bond acceptors (Lipinski definition) is 7. The summed E-state index contributed by atoms with van der Waals surface area (Å²) in [6.07, 6.45) is 8.45. The van der Waals surface area contributed by atoms with E-state index in [-0.39, 0.29) is 17.0 Å². The quantitative estimate of drug-likeness (QED) is 0.878. The molecule has 2 heterocycles. The fourth-order valence-corrected chi connectivity index (χ4v) is 3.57. The second kappa shape index (κ2) is 6.41. The van der Waals surface area contributed by atoms with E-state index < -0.39 is 10.0 Å². The van der Waals surface area contributed by atoms with Crippen LogP contribution in [0.4, 0.5) is 0 Å².